The summed E-state index contributed by atoms with van der Waals surface area (Å²) in [5.41, 5.74) is 3.63. The van der Waals surface area contributed by atoms with Crippen molar-refractivity contribution in [2.45, 2.75) is 13.0 Å². The van der Waals surface area contributed by atoms with Gasteiger partial charge in [0.15, 0.2) is 0 Å². The van der Waals surface area contributed by atoms with E-state index in [0.29, 0.717) is 23.4 Å². The minimum Gasteiger partial charge on any atom is -0.378 e. The maximum Gasteiger partial charge on any atom is 0.288 e. The number of nitroso groups, excluding NO2 is 1. The van der Waals surface area contributed by atoms with Gasteiger partial charge < -0.3 is 15.3 Å². The number of imidazole rings is 1. The second kappa shape index (κ2) is 10.5. The Morgan fingerprint density at radius 2 is 1.94 bits per heavy atom. The smallest absolute Gasteiger partial charge is 0.288 e. The zero-order chi connectivity index (χ0) is 24.8. The third kappa shape index (κ3) is 5.27. The van der Waals surface area contributed by atoms with E-state index in [1.807, 2.05) is 41.9 Å². The number of carbonyl (C=O) groups excluding carboxylic acids is 2. The minimum absolute atomic E-state index is 0.0212. The molecule has 2 N–H and O–H groups in total. The lowest BCUT2D eigenvalue weighted by Gasteiger charge is -2.21. The van der Waals surface area contributed by atoms with Crippen LogP contribution < -0.4 is 10.2 Å². The van der Waals surface area contributed by atoms with Gasteiger partial charge in [-0.25, -0.2) is 9.97 Å². The van der Waals surface area contributed by atoms with Gasteiger partial charge in [-0.3, -0.25) is 14.5 Å². The lowest BCUT2D eigenvalue weighted by atomic mass is 10.1. The Labute approximate surface area is 201 Å². The van der Waals surface area contributed by atoms with Crippen LogP contribution in [0.25, 0.3) is 11.0 Å². The summed E-state index contributed by atoms with van der Waals surface area (Å²) in [6.45, 7) is 0.450. The molecule has 4 rings (SSSR count). The van der Waals surface area contributed by atoms with E-state index in [9.17, 15) is 14.5 Å². The minimum atomic E-state index is -0.830. The number of amides is 2. The van der Waals surface area contributed by atoms with Gasteiger partial charge in [-0.15, -0.1) is 4.91 Å². The van der Waals surface area contributed by atoms with E-state index >= 15 is 0 Å². The average Bonchev–Trinajstić information content (AvgIpc) is 3.22. The highest BCUT2D eigenvalue weighted by Gasteiger charge is 2.21. The van der Waals surface area contributed by atoms with Crippen LogP contribution >= 0.6 is 0 Å². The predicted octanol–water partition coefficient (Wildman–Crippen LogP) is 3.91. The van der Waals surface area contributed by atoms with Crippen LogP contribution in [-0.2, 0) is 18.4 Å². The van der Waals surface area contributed by atoms with Gasteiger partial charge in [-0.05, 0) is 48.0 Å². The fourth-order valence-electron chi connectivity index (χ4n) is 3.66. The van der Waals surface area contributed by atoms with E-state index in [1.54, 1.807) is 36.5 Å². The number of nitrogens with zero attached hydrogens (tertiary/aromatic N) is 5. The number of hydrogen-bond acceptors (Lipinski definition) is 7. The van der Waals surface area contributed by atoms with Crippen molar-refractivity contribution in [3.05, 3.63) is 88.7 Å². The summed E-state index contributed by atoms with van der Waals surface area (Å²) >= 11 is 0. The Balaban J connectivity index is 1.57. The second-order valence-corrected chi connectivity index (χ2v) is 7.79. The lowest BCUT2D eigenvalue weighted by Crippen LogP contribution is -2.33. The van der Waals surface area contributed by atoms with E-state index in [0.717, 1.165) is 22.6 Å². The summed E-state index contributed by atoms with van der Waals surface area (Å²) in [5.74, 6) is -0.0364. The monoisotopic (exact) mass is 469 g/mol. The van der Waals surface area contributed by atoms with Crippen LogP contribution in [0.3, 0.4) is 0 Å². The first kappa shape index (κ1) is 23.4. The molecule has 0 bridgehead atoms. The molecule has 0 radical (unpaired) electrons. The van der Waals surface area contributed by atoms with E-state index in [4.69, 9.17) is 10.4 Å². The Kier molecular flexibility index (Phi) is 7.01. The number of hydrogen-bond donors (Lipinski definition) is 2. The molecule has 0 spiro atoms. The van der Waals surface area contributed by atoms with E-state index in [1.165, 1.54) is 11.1 Å². The zero-order valence-electron chi connectivity index (χ0n) is 19.0. The lowest BCUT2D eigenvalue weighted by molar-refractivity contribution is -0.117. The largest absolute Gasteiger partial charge is 0.378 e. The summed E-state index contributed by atoms with van der Waals surface area (Å²) < 4.78 is 1.95. The molecule has 2 heterocycles. The van der Waals surface area contributed by atoms with Crippen LogP contribution in [0.1, 0.15) is 28.2 Å². The molecule has 0 atom stereocenters. The fourth-order valence-corrected chi connectivity index (χ4v) is 3.66. The molecular weight excluding hydrogens is 446 g/mol. The van der Waals surface area contributed by atoms with Crippen molar-refractivity contribution in [1.29, 1.82) is 5.41 Å². The number of nitrogens with one attached hydrogen (secondary N) is 2. The third-order valence-corrected chi connectivity index (χ3v) is 5.57. The van der Waals surface area contributed by atoms with Crippen LogP contribution in [0.2, 0.25) is 0 Å². The number of carbonyl (C=O) groups is 2. The molecular formula is C25H23N7O3. The van der Waals surface area contributed by atoms with Crippen molar-refractivity contribution in [2.75, 3.05) is 16.8 Å². The molecule has 0 unspecified atom stereocenters. The summed E-state index contributed by atoms with van der Waals surface area (Å²) in [6.07, 6.45) is 2.64. The molecule has 35 heavy (non-hydrogen) atoms. The van der Waals surface area contributed by atoms with Crippen LogP contribution in [0.4, 0.5) is 11.5 Å². The number of aromatic nitrogens is 3. The van der Waals surface area contributed by atoms with Gasteiger partial charge in [-0.2, -0.15) is 0 Å². The molecule has 2 aromatic carbocycles. The molecule has 0 aliphatic rings. The second-order valence-electron chi connectivity index (χ2n) is 7.79. The maximum absolute atomic E-state index is 13.3. The van der Waals surface area contributed by atoms with E-state index in [2.05, 4.69) is 15.5 Å². The van der Waals surface area contributed by atoms with Crippen molar-refractivity contribution in [3.63, 3.8) is 0 Å². The van der Waals surface area contributed by atoms with Gasteiger partial charge in [0.1, 0.15) is 11.6 Å². The standard InChI is InChI=1S/C25H23N7O3/c1-31-21-10-7-18(25(34)32(13-11-24(33)30-35)22-4-2-3-12-27-22)14-20(21)29-23(31)16-28-19-8-5-17(15-26)6-9-19/h2-10,12,14-15,26,28H,11,13,16H2,1H3. The highest BCUT2D eigenvalue weighted by molar-refractivity contribution is 6.07. The van der Waals surface area contributed by atoms with Crippen LogP contribution in [-0.4, -0.2) is 39.1 Å². The van der Waals surface area contributed by atoms with Crippen molar-refractivity contribution in [3.8, 4) is 0 Å². The van der Waals surface area contributed by atoms with Gasteiger partial charge >= 0.3 is 0 Å². The predicted molar refractivity (Wildman–Crippen MR) is 134 cm³/mol. The number of rotatable bonds is 9. The van der Waals surface area contributed by atoms with E-state index in [-0.39, 0.29) is 18.9 Å². The number of fused-ring (bicyclic) bond motifs is 1. The van der Waals surface area contributed by atoms with Gasteiger partial charge in [-0.1, -0.05) is 18.2 Å². The van der Waals surface area contributed by atoms with Crippen molar-refractivity contribution < 1.29 is 9.59 Å². The Morgan fingerprint density at radius 3 is 2.63 bits per heavy atom. The number of pyridine rings is 1. The van der Waals surface area contributed by atoms with Gasteiger partial charge in [0.2, 0.25) is 0 Å². The summed E-state index contributed by atoms with van der Waals surface area (Å²) in [4.78, 5) is 45.6. The topological polar surface area (TPSA) is 133 Å². The van der Waals surface area contributed by atoms with Crippen molar-refractivity contribution in [1.82, 2.24) is 14.5 Å². The molecule has 10 nitrogen and oxygen atoms in total. The first-order valence-corrected chi connectivity index (χ1v) is 10.9. The van der Waals surface area contributed by atoms with Gasteiger partial charge in [0.25, 0.3) is 11.8 Å². The molecule has 0 aliphatic carbocycles. The van der Waals surface area contributed by atoms with Gasteiger partial charge in [0.05, 0.1) is 24.0 Å². The SMILES string of the molecule is Cn1c(CNc2ccc(C=N)cc2)nc2cc(C(=O)N(CCC(=O)N=O)c3ccccn3)ccc21. The fraction of sp³-hybridized carbons (Fsp3) is 0.160. The molecule has 176 valence electrons. The molecule has 0 saturated carbocycles. The molecule has 0 aliphatic heterocycles. The van der Waals surface area contributed by atoms with Crippen LogP contribution in [0.15, 0.2) is 72.0 Å². The highest BCUT2D eigenvalue weighted by atomic mass is 16.3. The number of aryl methyl sites for hydroxylation is 1. The highest BCUT2D eigenvalue weighted by Crippen LogP contribution is 2.21. The Morgan fingerprint density at radius 1 is 1.14 bits per heavy atom. The average molecular weight is 470 g/mol. The Bertz CT molecular complexity index is 1380. The molecule has 2 amide bonds. The number of benzene rings is 2. The third-order valence-electron chi connectivity index (χ3n) is 5.57. The molecule has 0 fully saturated rings. The van der Waals surface area contributed by atoms with Gasteiger partial charge in [0, 0.05) is 42.4 Å². The van der Waals surface area contributed by atoms with Crippen LogP contribution in [0, 0.1) is 10.3 Å². The first-order valence-electron chi connectivity index (χ1n) is 10.9. The quantitative estimate of drug-likeness (QED) is 0.282. The van der Waals surface area contributed by atoms with Crippen LogP contribution in [0.5, 0.6) is 0 Å². The summed E-state index contributed by atoms with van der Waals surface area (Å²) in [5, 5.41) is 13.0. The normalized spacial score (nSPS) is 10.7. The Hall–Kier alpha value is -4.73. The molecule has 10 heteroatoms. The summed E-state index contributed by atoms with van der Waals surface area (Å²) in [7, 11) is 1.91. The molecule has 0 saturated heterocycles. The van der Waals surface area contributed by atoms with E-state index < -0.39 is 5.91 Å². The molecule has 2 aromatic heterocycles. The maximum atomic E-state index is 13.3. The molecule has 4 aromatic rings. The van der Waals surface area contributed by atoms with Crippen molar-refractivity contribution >= 4 is 40.6 Å². The van der Waals surface area contributed by atoms with Crippen molar-refractivity contribution in [2.24, 2.45) is 12.2 Å². The first-order chi connectivity index (χ1) is 17.0. The zero-order valence-corrected chi connectivity index (χ0v) is 19.0. The summed E-state index contributed by atoms with van der Waals surface area (Å²) in [6, 6.07) is 17.9. The number of anilines is 2.